The Morgan fingerprint density at radius 3 is 3.00 bits per heavy atom. The summed E-state index contributed by atoms with van der Waals surface area (Å²) in [7, 11) is 1.57. The van der Waals surface area contributed by atoms with Gasteiger partial charge in [0.2, 0.25) is 0 Å². The van der Waals surface area contributed by atoms with Gasteiger partial charge in [0.05, 0.1) is 7.11 Å². The van der Waals surface area contributed by atoms with Crippen LogP contribution in [0.5, 0.6) is 5.75 Å². The molecule has 2 N–H and O–H groups in total. The monoisotopic (exact) mass is 164 g/mol. The van der Waals surface area contributed by atoms with Crippen molar-refractivity contribution in [2.75, 3.05) is 7.11 Å². The van der Waals surface area contributed by atoms with Crippen LogP contribution in [-0.4, -0.2) is 17.1 Å². The lowest BCUT2D eigenvalue weighted by molar-refractivity contribution is 0.418. The number of nitrogens with one attached hydrogen (secondary N) is 2. The number of aromatic nitrogens is 2. The highest BCUT2D eigenvalue weighted by Crippen LogP contribution is 2.19. The molecule has 12 heavy (non-hydrogen) atoms. The molecule has 4 nitrogen and oxygen atoms in total. The molecule has 0 radical (unpaired) electrons. The second-order valence-corrected chi connectivity index (χ2v) is 2.45. The Bertz CT molecular complexity index is 455. The molecule has 0 aromatic carbocycles. The van der Waals surface area contributed by atoms with E-state index in [-0.39, 0.29) is 5.56 Å². The zero-order valence-electron chi connectivity index (χ0n) is 6.55. The Morgan fingerprint density at radius 2 is 2.25 bits per heavy atom. The van der Waals surface area contributed by atoms with Gasteiger partial charge in [-0.1, -0.05) is 0 Å². The molecule has 2 heterocycles. The van der Waals surface area contributed by atoms with E-state index in [0.717, 1.165) is 5.39 Å². The lowest BCUT2D eigenvalue weighted by Crippen LogP contribution is -2.05. The number of fused-ring (bicyclic) bond motifs is 1. The Morgan fingerprint density at radius 1 is 1.42 bits per heavy atom. The summed E-state index contributed by atoms with van der Waals surface area (Å²) in [6.45, 7) is 0. The zero-order valence-corrected chi connectivity index (χ0v) is 6.55. The minimum Gasteiger partial charge on any atom is -0.495 e. The molecule has 0 aliphatic rings. The summed E-state index contributed by atoms with van der Waals surface area (Å²) in [5.74, 6) is 0.672. The van der Waals surface area contributed by atoms with Crippen LogP contribution in [0.2, 0.25) is 0 Å². The minimum absolute atomic E-state index is 0.129. The fourth-order valence-electron chi connectivity index (χ4n) is 1.21. The number of aromatic amines is 2. The molecule has 0 atom stereocenters. The van der Waals surface area contributed by atoms with Gasteiger partial charge in [0.1, 0.15) is 11.3 Å². The zero-order chi connectivity index (χ0) is 8.55. The first-order valence-corrected chi connectivity index (χ1v) is 3.55. The van der Waals surface area contributed by atoms with Gasteiger partial charge in [-0.25, -0.2) is 0 Å². The van der Waals surface area contributed by atoms with Crippen LogP contribution in [0.4, 0.5) is 0 Å². The van der Waals surface area contributed by atoms with Crippen molar-refractivity contribution in [1.82, 2.24) is 9.97 Å². The van der Waals surface area contributed by atoms with E-state index in [1.807, 2.05) is 6.07 Å². The van der Waals surface area contributed by atoms with E-state index in [9.17, 15) is 4.79 Å². The normalized spacial score (nSPS) is 10.4. The van der Waals surface area contributed by atoms with Gasteiger partial charge >= 0.3 is 0 Å². The topological polar surface area (TPSA) is 57.9 Å². The first kappa shape index (κ1) is 6.97. The smallest absolute Gasteiger partial charge is 0.272 e. The maximum Gasteiger partial charge on any atom is 0.272 e. The molecular weight excluding hydrogens is 156 g/mol. The third-order valence-electron chi connectivity index (χ3n) is 1.79. The maximum atomic E-state index is 11.2. The fourth-order valence-corrected chi connectivity index (χ4v) is 1.21. The van der Waals surface area contributed by atoms with Gasteiger partial charge in [-0.15, -0.1) is 0 Å². The van der Waals surface area contributed by atoms with Crippen molar-refractivity contribution >= 4 is 10.9 Å². The maximum absolute atomic E-state index is 11.2. The number of methoxy groups -OCH3 is 1. The number of pyridine rings is 1. The third kappa shape index (κ3) is 0.812. The molecule has 0 aliphatic heterocycles. The molecular formula is C8H8N2O2. The first-order valence-electron chi connectivity index (χ1n) is 3.55. The van der Waals surface area contributed by atoms with Crippen LogP contribution >= 0.6 is 0 Å². The molecule has 0 fully saturated rings. The quantitative estimate of drug-likeness (QED) is 0.656. The highest BCUT2D eigenvalue weighted by molar-refractivity contribution is 5.84. The van der Waals surface area contributed by atoms with Crippen LogP contribution in [0, 0.1) is 0 Å². The molecule has 0 saturated heterocycles. The summed E-state index contributed by atoms with van der Waals surface area (Å²) >= 11 is 0. The highest BCUT2D eigenvalue weighted by atomic mass is 16.5. The highest BCUT2D eigenvalue weighted by Gasteiger charge is 2.03. The number of hydrogen-bond donors (Lipinski definition) is 2. The molecule has 0 saturated carbocycles. The number of H-pyrrole nitrogens is 2. The second kappa shape index (κ2) is 2.41. The summed E-state index contributed by atoms with van der Waals surface area (Å²) in [6.07, 6.45) is 3.26. The summed E-state index contributed by atoms with van der Waals surface area (Å²) < 4.78 is 5.05. The van der Waals surface area contributed by atoms with E-state index in [2.05, 4.69) is 9.97 Å². The molecule has 0 unspecified atom stereocenters. The summed E-state index contributed by atoms with van der Waals surface area (Å²) in [5.41, 5.74) is 0.421. The predicted octanol–water partition coefficient (Wildman–Crippen LogP) is 0.865. The van der Waals surface area contributed by atoms with Gasteiger partial charge in [-0.3, -0.25) is 4.79 Å². The molecule has 2 rings (SSSR count). The average molecular weight is 164 g/mol. The lowest BCUT2D eigenvalue weighted by Gasteiger charge is -1.98. The van der Waals surface area contributed by atoms with E-state index in [0.29, 0.717) is 11.3 Å². The number of rotatable bonds is 1. The van der Waals surface area contributed by atoms with Gasteiger partial charge in [0.25, 0.3) is 5.56 Å². The van der Waals surface area contributed by atoms with Gasteiger partial charge in [0.15, 0.2) is 0 Å². The molecule has 0 aliphatic carbocycles. The second-order valence-electron chi connectivity index (χ2n) is 2.45. The van der Waals surface area contributed by atoms with Gasteiger partial charge < -0.3 is 14.7 Å². The van der Waals surface area contributed by atoms with Crippen LogP contribution in [0.15, 0.2) is 23.3 Å². The summed E-state index contributed by atoms with van der Waals surface area (Å²) in [6, 6.07) is 1.81. The van der Waals surface area contributed by atoms with Gasteiger partial charge in [0, 0.05) is 17.8 Å². The van der Waals surface area contributed by atoms with Crippen molar-refractivity contribution in [2.24, 2.45) is 0 Å². The Kier molecular flexibility index (Phi) is 1.40. The van der Waals surface area contributed by atoms with Crippen molar-refractivity contribution in [1.29, 1.82) is 0 Å². The Balaban J connectivity index is 2.92. The molecule has 62 valence electrons. The van der Waals surface area contributed by atoms with Crippen molar-refractivity contribution in [2.45, 2.75) is 0 Å². The van der Waals surface area contributed by atoms with Crippen molar-refractivity contribution in [3.8, 4) is 5.75 Å². The minimum atomic E-state index is -0.129. The predicted molar refractivity (Wildman–Crippen MR) is 45.5 cm³/mol. The van der Waals surface area contributed by atoms with Crippen molar-refractivity contribution < 1.29 is 4.74 Å². The van der Waals surface area contributed by atoms with Crippen LogP contribution in [0.3, 0.4) is 0 Å². The van der Waals surface area contributed by atoms with Crippen molar-refractivity contribution in [3.05, 3.63) is 28.8 Å². The van der Waals surface area contributed by atoms with Gasteiger partial charge in [-0.2, -0.15) is 0 Å². The van der Waals surface area contributed by atoms with E-state index in [1.54, 1.807) is 19.5 Å². The number of ether oxygens (including phenoxy) is 1. The Hall–Kier alpha value is -1.71. The molecule has 2 aromatic rings. The average Bonchev–Trinajstić information content (AvgIpc) is 2.54. The fraction of sp³-hybridized carbons (Fsp3) is 0.125. The molecule has 0 amide bonds. The van der Waals surface area contributed by atoms with E-state index >= 15 is 0 Å². The van der Waals surface area contributed by atoms with E-state index in [1.165, 1.54) is 0 Å². The van der Waals surface area contributed by atoms with Crippen molar-refractivity contribution in [3.63, 3.8) is 0 Å². The van der Waals surface area contributed by atoms with E-state index in [4.69, 9.17) is 4.74 Å². The van der Waals surface area contributed by atoms with Crippen LogP contribution < -0.4 is 10.3 Å². The lowest BCUT2D eigenvalue weighted by atomic mass is 10.3. The van der Waals surface area contributed by atoms with Crippen LogP contribution in [0.1, 0.15) is 0 Å². The van der Waals surface area contributed by atoms with Crippen LogP contribution in [0.25, 0.3) is 10.9 Å². The molecule has 4 heteroatoms. The summed E-state index contributed by atoms with van der Waals surface area (Å²) in [5, 5.41) is 0.807. The molecule has 0 spiro atoms. The number of hydrogen-bond acceptors (Lipinski definition) is 2. The first-order chi connectivity index (χ1) is 5.83. The third-order valence-corrected chi connectivity index (χ3v) is 1.79. The van der Waals surface area contributed by atoms with E-state index < -0.39 is 0 Å². The van der Waals surface area contributed by atoms with Gasteiger partial charge in [-0.05, 0) is 6.07 Å². The largest absolute Gasteiger partial charge is 0.495 e. The Labute approximate surface area is 68.2 Å². The molecule has 2 aromatic heterocycles. The standard InChI is InChI=1S/C8H8N2O2/c1-12-6-4-10-8(11)7-5(6)2-3-9-7/h2-4,9H,1H3,(H,10,11). The van der Waals surface area contributed by atoms with Crippen LogP contribution in [-0.2, 0) is 0 Å². The SMILES string of the molecule is COc1c[nH]c(=O)c2[nH]ccc12. The summed E-state index contributed by atoms with van der Waals surface area (Å²) in [4.78, 5) is 16.6. The molecule has 0 bridgehead atoms.